The second-order valence-electron chi connectivity index (χ2n) is 8.06. The summed E-state index contributed by atoms with van der Waals surface area (Å²) < 4.78 is 7.54. The third-order valence-electron chi connectivity index (χ3n) is 6.24. The van der Waals surface area contributed by atoms with Gasteiger partial charge in [-0.05, 0) is 17.8 Å². The fourth-order valence-corrected chi connectivity index (χ4v) is 4.35. The number of piperazine rings is 1. The van der Waals surface area contributed by atoms with E-state index in [2.05, 4.69) is 29.8 Å². The maximum Gasteiger partial charge on any atom is 0.409 e. The topological polar surface area (TPSA) is 74.4 Å². The van der Waals surface area contributed by atoms with Crippen LogP contribution in [0.3, 0.4) is 0 Å². The average Bonchev–Trinajstić information content (AvgIpc) is 3.09. The van der Waals surface area contributed by atoms with Crippen molar-refractivity contribution in [2.45, 2.75) is 46.2 Å². The lowest BCUT2D eigenvalue weighted by molar-refractivity contribution is 0.0370. The van der Waals surface area contributed by atoms with Crippen LogP contribution in [0.4, 0.5) is 4.79 Å². The molecular formula is C20H31N5O2. The molecule has 0 radical (unpaired) electrons. The highest BCUT2D eigenvalue weighted by atomic mass is 16.6. The minimum absolute atomic E-state index is 0.172. The van der Waals surface area contributed by atoms with Gasteiger partial charge in [0.15, 0.2) is 0 Å². The summed E-state index contributed by atoms with van der Waals surface area (Å²) in [6.45, 7) is 9.16. The van der Waals surface area contributed by atoms with Gasteiger partial charge in [-0.1, -0.05) is 33.1 Å². The van der Waals surface area contributed by atoms with E-state index < -0.39 is 0 Å². The normalized spacial score (nSPS) is 26.6. The summed E-state index contributed by atoms with van der Waals surface area (Å²) in [6, 6.07) is 2.15. The van der Waals surface area contributed by atoms with E-state index in [0.29, 0.717) is 44.0 Å². The molecule has 2 fully saturated rings. The summed E-state index contributed by atoms with van der Waals surface area (Å²) in [7, 11) is 0. The Morgan fingerprint density at radius 3 is 2.63 bits per heavy atom. The minimum atomic E-state index is -0.172. The van der Waals surface area contributed by atoms with Crippen molar-refractivity contribution in [2.75, 3.05) is 32.8 Å². The molecule has 27 heavy (non-hydrogen) atoms. The van der Waals surface area contributed by atoms with Crippen molar-refractivity contribution >= 4 is 6.09 Å². The van der Waals surface area contributed by atoms with E-state index in [0.717, 1.165) is 25.3 Å². The molecule has 2 heterocycles. The Morgan fingerprint density at radius 1 is 1.26 bits per heavy atom. The molecule has 1 aliphatic carbocycles. The minimum Gasteiger partial charge on any atom is -0.449 e. The van der Waals surface area contributed by atoms with Gasteiger partial charge in [0, 0.05) is 38.9 Å². The second-order valence-corrected chi connectivity index (χ2v) is 8.06. The van der Waals surface area contributed by atoms with Gasteiger partial charge in [-0.3, -0.25) is 4.90 Å². The highest BCUT2D eigenvalue weighted by molar-refractivity contribution is 5.67. The van der Waals surface area contributed by atoms with Gasteiger partial charge < -0.3 is 14.2 Å². The van der Waals surface area contributed by atoms with Crippen LogP contribution < -0.4 is 0 Å². The number of carbonyl (C=O) groups is 1. The van der Waals surface area contributed by atoms with E-state index in [4.69, 9.17) is 10.00 Å². The van der Waals surface area contributed by atoms with E-state index in [-0.39, 0.29) is 6.09 Å². The maximum atomic E-state index is 12.5. The summed E-state index contributed by atoms with van der Waals surface area (Å²) in [5, 5.41) is 8.87. The van der Waals surface area contributed by atoms with Crippen LogP contribution in [0, 0.1) is 29.1 Å². The fourth-order valence-electron chi connectivity index (χ4n) is 4.35. The van der Waals surface area contributed by atoms with Crippen molar-refractivity contribution in [3.05, 3.63) is 18.2 Å². The largest absolute Gasteiger partial charge is 0.449 e. The number of hydrogen-bond donors (Lipinski definition) is 0. The van der Waals surface area contributed by atoms with Crippen LogP contribution >= 0.6 is 0 Å². The number of ether oxygens (including phenoxy) is 1. The number of nitrogens with zero attached hydrogens (tertiary/aromatic N) is 5. The first kappa shape index (κ1) is 19.7. The Hall–Kier alpha value is -2.07. The summed E-state index contributed by atoms with van der Waals surface area (Å²) in [5.41, 5.74) is 1.04. The predicted molar refractivity (Wildman–Crippen MR) is 102 cm³/mol. The fraction of sp³-hybridized carbons (Fsp3) is 0.750. The van der Waals surface area contributed by atoms with E-state index in [1.165, 1.54) is 19.3 Å². The van der Waals surface area contributed by atoms with Gasteiger partial charge in [0.05, 0.1) is 24.7 Å². The lowest BCUT2D eigenvalue weighted by Crippen LogP contribution is -2.49. The van der Waals surface area contributed by atoms with Gasteiger partial charge in [0.2, 0.25) is 0 Å². The molecule has 2 aliphatic rings. The average molecular weight is 374 g/mol. The first-order chi connectivity index (χ1) is 13.1. The zero-order valence-corrected chi connectivity index (χ0v) is 16.5. The maximum absolute atomic E-state index is 12.5. The van der Waals surface area contributed by atoms with Gasteiger partial charge in [-0.2, -0.15) is 5.26 Å². The van der Waals surface area contributed by atoms with Crippen molar-refractivity contribution in [3.63, 3.8) is 0 Å². The second kappa shape index (κ2) is 9.23. The molecular weight excluding hydrogens is 342 g/mol. The number of hydrogen-bond acceptors (Lipinski definition) is 5. The van der Waals surface area contributed by atoms with Crippen LogP contribution in [0.5, 0.6) is 0 Å². The lowest BCUT2D eigenvalue weighted by atomic mass is 9.74. The van der Waals surface area contributed by atoms with Crippen molar-refractivity contribution in [1.82, 2.24) is 19.4 Å². The molecule has 3 rings (SSSR count). The first-order valence-electron chi connectivity index (χ1n) is 10.1. The van der Waals surface area contributed by atoms with Crippen molar-refractivity contribution < 1.29 is 9.53 Å². The van der Waals surface area contributed by atoms with Crippen LogP contribution in [0.15, 0.2) is 12.5 Å². The molecule has 2 atom stereocenters. The molecule has 1 saturated heterocycles. The standard InChI is InChI=1S/C20H31N5O2/c1-16-4-3-5-17(2)19(16)14-27-20(26)24-10-8-23(9-11-24)13-18-12-22-15-25(18)7-6-21/h12,15-17,19H,3-5,7-11,13-14H2,1-2H3. The summed E-state index contributed by atoms with van der Waals surface area (Å²) in [4.78, 5) is 20.7. The highest BCUT2D eigenvalue weighted by Crippen LogP contribution is 2.34. The van der Waals surface area contributed by atoms with Crippen LogP contribution in [-0.2, 0) is 17.8 Å². The van der Waals surface area contributed by atoms with Crippen LogP contribution in [0.2, 0.25) is 0 Å². The van der Waals surface area contributed by atoms with Crippen LogP contribution in [0.1, 0.15) is 38.8 Å². The molecule has 7 nitrogen and oxygen atoms in total. The SMILES string of the molecule is CC1CCCC(C)C1COC(=O)N1CCN(Cc2cncn2CC#N)CC1. The molecule has 148 valence electrons. The van der Waals surface area contributed by atoms with E-state index in [9.17, 15) is 4.79 Å². The molecule has 1 aliphatic heterocycles. The zero-order chi connectivity index (χ0) is 19.2. The van der Waals surface area contributed by atoms with Crippen molar-refractivity contribution in [2.24, 2.45) is 17.8 Å². The van der Waals surface area contributed by atoms with Crippen LogP contribution in [-0.4, -0.2) is 58.2 Å². The zero-order valence-electron chi connectivity index (χ0n) is 16.5. The Morgan fingerprint density at radius 2 is 1.96 bits per heavy atom. The van der Waals surface area contributed by atoms with Gasteiger partial charge in [0.25, 0.3) is 0 Å². The lowest BCUT2D eigenvalue weighted by Gasteiger charge is -2.36. The number of imidazole rings is 1. The van der Waals surface area contributed by atoms with Gasteiger partial charge in [0.1, 0.15) is 6.54 Å². The van der Waals surface area contributed by atoms with E-state index in [1.54, 1.807) is 6.33 Å². The Balaban J connectivity index is 1.42. The molecule has 2 unspecified atom stereocenters. The molecule has 0 bridgehead atoms. The summed E-state index contributed by atoms with van der Waals surface area (Å²) in [5.74, 6) is 1.76. The van der Waals surface area contributed by atoms with E-state index >= 15 is 0 Å². The van der Waals surface area contributed by atoms with Crippen LogP contribution in [0.25, 0.3) is 0 Å². The molecule has 1 aromatic heterocycles. The number of nitriles is 1. The monoisotopic (exact) mass is 373 g/mol. The Kier molecular flexibility index (Phi) is 6.73. The molecule has 0 spiro atoms. The molecule has 1 saturated carbocycles. The number of rotatable bonds is 5. The van der Waals surface area contributed by atoms with Gasteiger partial charge in [-0.25, -0.2) is 9.78 Å². The molecule has 1 aromatic rings. The molecule has 0 N–H and O–H groups in total. The summed E-state index contributed by atoms with van der Waals surface area (Å²) >= 11 is 0. The predicted octanol–water partition coefficient (Wildman–Crippen LogP) is 2.73. The van der Waals surface area contributed by atoms with Gasteiger partial charge in [-0.15, -0.1) is 0 Å². The number of aromatic nitrogens is 2. The highest BCUT2D eigenvalue weighted by Gasteiger charge is 2.30. The van der Waals surface area contributed by atoms with Crippen molar-refractivity contribution in [1.29, 1.82) is 5.26 Å². The Labute approximate surface area is 161 Å². The third-order valence-corrected chi connectivity index (χ3v) is 6.24. The Bertz CT molecular complexity index is 650. The quantitative estimate of drug-likeness (QED) is 0.793. The first-order valence-corrected chi connectivity index (χ1v) is 10.1. The van der Waals surface area contributed by atoms with E-state index in [1.807, 2.05) is 15.7 Å². The van der Waals surface area contributed by atoms with Gasteiger partial charge >= 0.3 is 6.09 Å². The molecule has 0 aromatic carbocycles. The number of amides is 1. The molecule has 7 heteroatoms. The third kappa shape index (κ3) is 5.01. The van der Waals surface area contributed by atoms with Crippen molar-refractivity contribution in [3.8, 4) is 6.07 Å². The number of carbonyl (C=O) groups excluding carboxylic acids is 1. The smallest absolute Gasteiger partial charge is 0.409 e. The molecule has 1 amide bonds. The summed E-state index contributed by atoms with van der Waals surface area (Å²) in [6.07, 6.45) is 7.11.